The summed E-state index contributed by atoms with van der Waals surface area (Å²) in [5.74, 6) is 0.354. The highest BCUT2D eigenvalue weighted by Gasteiger charge is 2.52. The maximum atomic E-state index is 6.53. The second-order valence-electron chi connectivity index (χ2n) is 8.34. The predicted octanol–water partition coefficient (Wildman–Crippen LogP) is 4.07. The highest BCUT2D eigenvalue weighted by Crippen LogP contribution is 2.46. The van der Waals surface area contributed by atoms with Crippen LogP contribution in [0.25, 0.3) is 11.1 Å². The molecule has 3 aliphatic rings. The van der Waals surface area contributed by atoms with Gasteiger partial charge in [0.15, 0.2) is 5.72 Å². The molecule has 0 aliphatic carbocycles. The molecule has 0 bridgehead atoms. The van der Waals surface area contributed by atoms with Crippen LogP contribution in [0.3, 0.4) is 0 Å². The number of amidine groups is 1. The minimum absolute atomic E-state index is 0.177. The molecule has 0 saturated carbocycles. The Hall–Kier alpha value is -2.41. The van der Waals surface area contributed by atoms with Crippen molar-refractivity contribution in [2.24, 2.45) is 21.6 Å². The van der Waals surface area contributed by atoms with Gasteiger partial charge in [0.1, 0.15) is 11.6 Å². The van der Waals surface area contributed by atoms with Crippen molar-refractivity contribution in [2.45, 2.75) is 38.2 Å². The van der Waals surface area contributed by atoms with E-state index in [0.29, 0.717) is 23.2 Å². The summed E-state index contributed by atoms with van der Waals surface area (Å²) < 4.78 is 12.3. The number of nitrogens with one attached hydrogen (secondary N) is 1. The Balaban J connectivity index is 1.64. The molecule has 1 fully saturated rings. The number of nitrogens with two attached hydrogens (primary N) is 1. The van der Waals surface area contributed by atoms with Gasteiger partial charge in [0.05, 0.1) is 17.9 Å². The Morgan fingerprint density at radius 2 is 2.00 bits per heavy atom. The molecular formula is C23H25ClN4O2. The van der Waals surface area contributed by atoms with Crippen molar-refractivity contribution >= 4 is 23.1 Å². The Kier molecular flexibility index (Phi) is 4.61. The first-order chi connectivity index (χ1) is 14.4. The Labute approximate surface area is 181 Å². The zero-order valence-corrected chi connectivity index (χ0v) is 17.9. The van der Waals surface area contributed by atoms with Crippen molar-refractivity contribution in [3.63, 3.8) is 0 Å². The molecule has 0 aromatic heterocycles. The van der Waals surface area contributed by atoms with Gasteiger partial charge in [-0.2, -0.15) is 0 Å². The Morgan fingerprint density at radius 1 is 1.17 bits per heavy atom. The first-order valence-corrected chi connectivity index (χ1v) is 10.7. The molecule has 0 amide bonds. The number of rotatable bonds is 2. The lowest BCUT2D eigenvalue weighted by Gasteiger charge is -2.48. The van der Waals surface area contributed by atoms with Crippen LogP contribution in [0.2, 0.25) is 5.02 Å². The highest BCUT2D eigenvalue weighted by molar-refractivity contribution is 6.41. The van der Waals surface area contributed by atoms with Crippen LogP contribution in [0.15, 0.2) is 52.4 Å². The van der Waals surface area contributed by atoms with Crippen molar-refractivity contribution < 1.29 is 9.47 Å². The lowest BCUT2D eigenvalue weighted by atomic mass is 9.87. The molecule has 3 atom stereocenters. The molecule has 3 heterocycles. The van der Waals surface area contributed by atoms with Crippen LogP contribution in [0, 0.1) is 5.92 Å². The van der Waals surface area contributed by atoms with E-state index in [1.54, 1.807) is 0 Å². The van der Waals surface area contributed by atoms with Crippen LogP contribution in [0.5, 0.6) is 5.75 Å². The molecule has 5 rings (SSSR count). The van der Waals surface area contributed by atoms with Crippen molar-refractivity contribution in [2.75, 3.05) is 13.2 Å². The van der Waals surface area contributed by atoms with Crippen molar-refractivity contribution in [1.82, 2.24) is 5.32 Å². The van der Waals surface area contributed by atoms with E-state index in [0.717, 1.165) is 41.9 Å². The summed E-state index contributed by atoms with van der Waals surface area (Å²) in [5, 5.41) is 4.29. The zero-order valence-electron chi connectivity index (χ0n) is 17.1. The van der Waals surface area contributed by atoms with E-state index in [9.17, 15) is 0 Å². The summed E-state index contributed by atoms with van der Waals surface area (Å²) in [7, 11) is 0. The van der Waals surface area contributed by atoms with Crippen LogP contribution >= 0.6 is 11.6 Å². The van der Waals surface area contributed by atoms with E-state index in [-0.39, 0.29) is 5.92 Å². The molecule has 156 valence electrons. The zero-order chi connectivity index (χ0) is 20.9. The minimum Gasteiger partial charge on any atom is -0.472 e. The summed E-state index contributed by atoms with van der Waals surface area (Å²) in [4.78, 5) is 9.65. The molecule has 0 unspecified atom stereocenters. The van der Waals surface area contributed by atoms with Crippen LogP contribution < -0.4 is 15.8 Å². The van der Waals surface area contributed by atoms with E-state index >= 15 is 0 Å². The summed E-state index contributed by atoms with van der Waals surface area (Å²) in [6.45, 7) is 5.36. The lowest BCUT2D eigenvalue weighted by molar-refractivity contribution is -0.0985. The fourth-order valence-electron chi connectivity index (χ4n) is 4.52. The van der Waals surface area contributed by atoms with E-state index < -0.39 is 11.5 Å². The second-order valence-corrected chi connectivity index (χ2v) is 8.77. The number of fused-ring (bicyclic) bond motifs is 2. The van der Waals surface area contributed by atoms with Crippen LogP contribution in [-0.4, -0.2) is 30.5 Å². The standard InChI is InChI=1S/C23H25ClN4O2/c1-14-21(25)27-23(26-14)19-12-16(15-5-3-7-18(24)11-15)8-9-20(19)30-22(2,28-23)17-6-4-10-29-13-17/h3,5,7-9,11-12,17,28H,4,6,10,13H2,1-2H3,(H2,25,27)/t17-,22-,23+/m1/s1. The van der Waals surface area contributed by atoms with Crippen LogP contribution in [0.1, 0.15) is 32.3 Å². The molecule has 1 spiro atoms. The largest absolute Gasteiger partial charge is 0.472 e. The van der Waals surface area contributed by atoms with Gasteiger partial charge in [-0.3, -0.25) is 0 Å². The maximum Gasteiger partial charge on any atom is 0.240 e. The first kappa shape index (κ1) is 19.5. The fraction of sp³-hybridized carbons (Fsp3) is 0.391. The molecule has 1 saturated heterocycles. The quantitative estimate of drug-likeness (QED) is 0.761. The summed E-state index contributed by atoms with van der Waals surface area (Å²) in [6.07, 6.45) is 2.02. The molecular weight excluding hydrogens is 400 g/mol. The van der Waals surface area contributed by atoms with Crippen molar-refractivity contribution in [3.05, 3.63) is 53.1 Å². The van der Waals surface area contributed by atoms with Crippen molar-refractivity contribution in [1.29, 1.82) is 0 Å². The topological polar surface area (TPSA) is 81.2 Å². The molecule has 3 N–H and O–H groups in total. The van der Waals surface area contributed by atoms with Gasteiger partial charge in [0.2, 0.25) is 5.79 Å². The number of nitrogens with zero attached hydrogens (tertiary/aromatic N) is 2. The predicted molar refractivity (Wildman–Crippen MR) is 119 cm³/mol. The van der Waals surface area contributed by atoms with Gasteiger partial charge in [-0.1, -0.05) is 29.8 Å². The lowest BCUT2D eigenvalue weighted by Crippen LogP contribution is -2.64. The fourth-order valence-corrected chi connectivity index (χ4v) is 4.71. The van der Waals surface area contributed by atoms with Crippen LogP contribution in [-0.2, 0) is 10.5 Å². The van der Waals surface area contributed by atoms with E-state index in [1.807, 2.05) is 43.3 Å². The third-order valence-electron chi connectivity index (χ3n) is 6.18. The van der Waals surface area contributed by atoms with E-state index in [2.05, 4.69) is 18.3 Å². The van der Waals surface area contributed by atoms with Crippen molar-refractivity contribution in [3.8, 4) is 16.9 Å². The van der Waals surface area contributed by atoms with Gasteiger partial charge in [0.25, 0.3) is 0 Å². The van der Waals surface area contributed by atoms with Gasteiger partial charge >= 0.3 is 0 Å². The smallest absolute Gasteiger partial charge is 0.240 e. The Morgan fingerprint density at radius 3 is 2.70 bits per heavy atom. The summed E-state index contributed by atoms with van der Waals surface area (Å²) >= 11 is 6.21. The molecule has 3 aliphatic heterocycles. The Bertz CT molecular complexity index is 1040. The number of hydrogen-bond acceptors (Lipinski definition) is 6. The summed E-state index contributed by atoms with van der Waals surface area (Å²) in [5.41, 5.74) is 9.08. The van der Waals surface area contributed by atoms with Crippen LogP contribution in [0.4, 0.5) is 0 Å². The molecule has 7 heteroatoms. The van der Waals surface area contributed by atoms with Gasteiger partial charge in [-0.15, -0.1) is 0 Å². The van der Waals surface area contributed by atoms with Gasteiger partial charge < -0.3 is 15.2 Å². The second kappa shape index (κ2) is 7.08. The average molecular weight is 425 g/mol. The third kappa shape index (κ3) is 3.20. The van der Waals surface area contributed by atoms with E-state index in [1.165, 1.54) is 0 Å². The SMILES string of the molecule is CC1=N[C@@]2(N=C1N)N[C@@](C)([C@@H]1CCCOC1)Oc1ccc(-c3cccc(Cl)c3)cc12. The molecule has 30 heavy (non-hydrogen) atoms. The minimum atomic E-state index is -1.01. The molecule has 0 radical (unpaired) electrons. The number of ether oxygens (including phenoxy) is 2. The van der Waals surface area contributed by atoms with Gasteiger partial charge in [-0.25, -0.2) is 15.3 Å². The maximum absolute atomic E-state index is 6.53. The molecule has 6 nitrogen and oxygen atoms in total. The first-order valence-electron chi connectivity index (χ1n) is 10.3. The number of hydrogen-bond donors (Lipinski definition) is 2. The highest BCUT2D eigenvalue weighted by atomic mass is 35.5. The van der Waals surface area contributed by atoms with Gasteiger partial charge in [0, 0.05) is 17.5 Å². The summed E-state index contributed by atoms with van der Waals surface area (Å²) in [6, 6.07) is 13.9. The number of aliphatic imine (C=N–C) groups is 2. The third-order valence-corrected chi connectivity index (χ3v) is 6.41. The monoisotopic (exact) mass is 424 g/mol. The number of halogens is 1. The normalized spacial score (nSPS) is 30.4. The number of benzene rings is 2. The molecule has 2 aromatic carbocycles. The average Bonchev–Trinajstić information content (AvgIpc) is 3.02. The molecule has 2 aromatic rings. The van der Waals surface area contributed by atoms with Gasteiger partial charge in [-0.05, 0) is 62.1 Å². The van der Waals surface area contributed by atoms with E-state index in [4.69, 9.17) is 36.8 Å².